The van der Waals surface area contributed by atoms with Crippen molar-refractivity contribution in [1.29, 1.82) is 0 Å². The molecule has 0 unspecified atom stereocenters. The number of para-hydroxylation sites is 1. The van der Waals surface area contributed by atoms with Crippen molar-refractivity contribution >= 4 is 45.6 Å². The molecular weight excluding hydrogens is 401 g/mol. The summed E-state index contributed by atoms with van der Waals surface area (Å²) in [5.41, 5.74) is 2.32. The minimum absolute atomic E-state index is 0.157. The third kappa shape index (κ3) is 4.11. The van der Waals surface area contributed by atoms with E-state index in [1.54, 1.807) is 6.08 Å². The Hall–Kier alpha value is -3.03. The van der Waals surface area contributed by atoms with Gasteiger partial charge in [0.15, 0.2) is 5.01 Å². The fourth-order valence-corrected chi connectivity index (χ4v) is 3.51. The van der Waals surface area contributed by atoms with Gasteiger partial charge in [0, 0.05) is 11.3 Å². The highest BCUT2D eigenvalue weighted by Gasteiger charge is 2.16. The minimum Gasteiger partial charge on any atom is -0.488 e. The molecule has 0 saturated heterocycles. The van der Waals surface area contributed by atoms with Crippen molar-refractivity contribution in [3.8, 4) is 5.75 Å². The molecule has 28 heavy (non-hydrogen) atoms. The van der Waals surface area contributed by atoms with Gasteiger partial charge in [-0.05, 0) is 48.1 Å². The molecule has 2 aromatic carbocycles. The van der Waals surface area contributed by atoms with Crippen molar-refractivity contribution in [3.05, 3.63) is 81.6 Å². The predicted molar refractivity (Wildman–Crippen MR) is 108 cm³/mol. The molecular formula is C20H13ClFN3O2S. The van der Waals surface area contributed by atoms with Gasteiger partial charge in [-0.25, -0.2) is 4.39 Å². The van der Waals surface area contributed by atoms with Gasteiger partial charge in [0.2, 0.25) is 5.01 Å². The number of nitrogens with zero attached hydrogens (tertiary/aromatic N) is 2. The molecule has 0 atom stereocenters. The zero-order valence-electron chi connectivity index (χ0n) is 14.4. The lowest BCUT2D eigenvalue weighted by atomic mass is 10.1. The van der Waals surface area contributed by atoms with E-state index in [-0.39, 0.29) is 10.8 Å². The van der Waals surface area contributed by atoms with Crippen LogP contribution in [0.2, 0.25) is 0 Å². The molecule has 0 aliphatic carbocycles. The normalized spacial score (nSPS) is 13.4. The van der Waals surface area contributed by atoms with Crippen LogP contribution in [0.5, 0.6) is 5.75 Å². The fourth-order valence-electron chi connectivity index (χ4n) is 2.57. The lowest BCUT2D eigenvalue weighted by Gasteiger charge is -2.15. The van der Waals surface area contributed by atoms with Crippen LogP contribution in [0.15, 0.2) is 60.2 Å². The topological polar surface area (TPSA) is 64.1 Å². The third-order valence-electron chi connectivity index (χ3n) is 3.89. The van der Waals surface area contributed by atoms with Gasteiger partial charge in [-0.2, -0.15) is 0 Å². The maximum Gasteiger partial charge on any atom is 0.286 e. The van der Waals surface area contributed by atoms with Crippen molar-refractivity contribution in [2.45, 2.75) is 0 Å². The van der Waals surface area contributed by atoms with Crippen LogP contribution in [0, 0.1) is 5.82 Å². The quantitative estimate of drug-likeness (QED) is 0.654. The summed E-state index contributed by atoms with van der Waals surface area (Å²) in [6.45, 7) is 0.393. The van der Waals surface area contributed by atoms with Crippen LogP contribution in [-0.4, -0.2) is 22.7 Å². The highest BCUT2D eigenvalue weighted by atomic mass is 35.5. The molecule has 0 radical (unpaired) electrons. The molecule has 1 aromatic heterocycles. The molecule has 1 aliphatic heterocycles. The van der Waals surface area contributed by atoms with E-state index in [0.29, 0.717) is 22.3 Å². The maximum absolute atomic E-state index is 12.9. The first-order valence-electron chi connectivity index (χ1n) is 8.29. The Kier molecular flexibility index (Phi) is 5.18. The molecule has 1 aliphatic rings. The molecule has 1 N–H and O–H groups in total. The number of fused-ring (bicyclic) bond motifs is 1. The van der Waals surface area contributed by atoms with Crippen molar-refractivity contribution in [2.75, 3.05) is 11.9 Å². The Bertz CT molecular complexity index is 1090. The lowest BCUT2D eigenvalue weighted by molar-refractivity contribution is 0.102. The van der Waals surface area contributed by atoms with Gasteiger partial charge in [0.1, 0.15) is 18.2 Å². The third-order valence-corrected chi connectivity index (χ3v) is 5.25. The Balaban J connectivity index is 1.49. The van der Waals surface area contributed by atoms with E-state index in [1.807, 2.05) is 30.3 Å². The van der Waals surface area contributed by atoms with Crippen LogP contribution >= 0.6 is 22.9 Å². The molecule has 0 spiro atoms. The summed E-state index contributed by atoms with van der Waals surface area (Å²) in [6.07, 6.45) is 3.74. The number of halogens is 2. The summed E-state index contributed by atoms with van der Waals surface area (Å²) in [5.74, 6) is 0.0112. The number of amides is 1. The van der Waals surface area contributed by atoms with Gasteiger partial charge >= 0.3 is 0 Å². The van der Waals surface area contributed by atoms with Gasteiger partial charge < -0.3 is 10.1 Å². The van der Waals surface area contributed by atoms with E-state index in [1.165, 1.54) is 24.3 Å². The summed E-state index contributed by atoms with van der Waals surface area (Å²) in [7, 11) is 0. The Morgan fingerprint density at radius 2 is 1.89 bits per heavy atom. The van der Waals surface area contributed by atoms with Crippen LogP contribution in [0.3, 0.4) is 0 Å². The van der Waals surface area contributed by atoms with Crippen molar-refractivity contribution in [3.63, 3.8) is 0 Å². The average molecular weight is 414 g/mol. The summed E-state index contributed by atoms with van der Waals surface area (Å²) in [4.78, 5) is 12.3. The van der Waals surface area contributed by atoms with Gasteiger partial charge in [-0.1, -0.05) is 41.1 Å². The second kappa shape index (κ2) is 7.92. The van der Waals surface area contributed by atoms with E-state index < -0.39 is 5.91 Å². The van der Waals surface area contributed by atoms with Gasteiger partial charge in [0.05, 0.1) is 5.03 Å². The first-order chi connectivity index (χ1) is 13.6. The largest absolute Gasteiger partial charge is 0.488 e. The molecule has 140 valence electrons. The van der Waals surface area contributed by atoms with E-state index in [4.69, 9.17) is 16.3 Å². The standard InChI is InChI=1S/C20H13ClFN3O2S/c21-16(10-12-9-13-3-1-2-4-17(13)27-11-12)19-24-25-20(28-19)18(26)23-15-7-5-14(22)6-8-15/h1-10H,11H2,(H,23,26)/b16-10-. The second-order valence-electron chi connectivity index (χ2n) is 5.91. The number of rotatable bonds is 4. The molecule has 8 heteroatoms. The fraction of sp³-hybridized carbons (Fsp3) is 0.0500. The molecule has 5 nitrogen and oxygen atoms in total. The molecule has 2 heterocycles. The number of hydrogen-bond donors (Lipinski definition) is 1. The number of hydrogen-bond acceptors (Lipinski definition) is 5. The van der Waals surface area contributed by atoms with Crippen LogP contribution in [-0.2, 0) is 0 Å². The van der Waals surface area contributed by atoms with Crippen molar-refractivity contribution in [1.82, 2.24) is 10.2 Å². The first-order valence-corrected chi connectivity index (χ1v) is 9.48. The molecule has 0 saturated carbocycles. The smallest absolute Gasteiger partial charge is 0.286 e. The number of benzene rings is 2. The van der Waals surface area contributed by atoms with E-state index in [0.717, 1.165) is 28.2 Å². The minimum atomic E-state index is -0.436. The molecule has 0 bridgehead atoms. The van der Waals surface area contributed by atoms with E-state index >= 15 is 0 Å². The van der Waals surface area contributed by atoms with Crippen LogP contribution in [0.25, 0.3) is 11.1 Å². The number of nitrogens with one attached hydrogen (secondary N) is 1. The zero-order valence-corrected chi connectivity index (χ0v) is 15.9. The average Bonchev–Trinajstić information content (AvgIpc) is 3.20. The molecule has 3 aromatic rings. The summed E-state index contributed by atoms with van der Waals surface area (Å²) >= 11 is 7.43. The van der Waals surface area contributed by atoms with Crippen LogP contribution in [0.1, 0.15) is 20.4 Å². The maximum atomic E-state index is 12.9. The van der Waals surface area contributed by atoms with Gasteiger partial charge in [0.25, 0.3) is 5.91 Å². The van der Waals surface area contributed by atoms with Gasteiger partial charge in [-0.3, -0.25) is 4.79 Å². The van der Waals surface area contributed by atoms with Crippen molar-refractivity contribution in [2.24, 2.45) is 0 Å². The molecule has 4 rings (SSSR count). The van der Waals surface area contributed by atoms with Crippen LogP contribution in [0.4, 0.5) is 10.1 Å². The Morgan fingerprint density at radius 1 is 1.14 bits per heavy atom. The Morgan fingerprint density at radius 3 is 2.71 bits per heavy atom. The monoisotopic (exact) mass is 413 g/mol. The highest BCUT2D eigenvalue weighted by Crippen LogP contribution is 2.30. The summed E-state index contributed by atoms with van der Waals surface area (Å²) in [5, 5.41) is 11.5. The lowest BCUT2D eigenvalue weighted by Crippen LogP contribution is -2.11. The van der Waals surface area contributed by atoms with Crippen molar-refractivity contribution < 1.29 is 13.9 Å². The summed E-state index contributed by atoms with van der Waals surface area (Å²) < 4.78 is 18.6. The molecule has 0 fully saturated rings. The second-order valence-corrected chi connectivity index (χ2v) is 7.30. The highest BCUT2D eigenvalue weighted by molar-refractivity contribution is 7.15. The number of anilines is 1. The van der Waals surface area contributed by atoms with Crippen LogP contribution < -0.4 is 10.1 Å². The first kappa shape index (κ1) is 18.3. The number of carbonyl (C=O) groups is 1. The SMILES string of the molecule is O=C(Nc1ccc(F)cc1)c1nnc(/C(Cl)=C/C2=Cc3ccccc3OC2)s1. The van der Waals surface area contributed by atoms with E-state index in [2.05, 4.69) is 15.5 Å². The summed E-state index contributed by atoms with van der Waals surface area (Å²) in [6, 6.07) is 13.2. The predicted octanol–water partition coefficient (Wildman–Crippen LogP) is 4.99. The molecule has 1 amide bonds. The number of ether oxygens (including phenoxy) is 1. The number of aromatic nitrogens is 2. The zero-order chi connectivity index (χ0) is 19.5. The number of carbonyl (C=O) groups excluding carboxylic acids is 1. The Labute approximate surface area is 169 Å². The van der Waals surface area contributed by atoms with Gasteiger partial charge in [-0.15, -0.1) is 10.2 Å². The van der Waals surface area contributed by atoms with E-state index in [9.17, 15) is 9.18 Å².